The molecule has 2 amide bonds. The molecule has 0 bridgehead atoms. The third-order valence-electron chi connectivity index (χ3n) is 1.99. The molecule has 0 saturated heterocycles. The smallest absolute Gasteiger partial charge is 0.316 e. The van der Waals surface area contributed by atoms with Gasteiger partial charge in [-0.1, -0.05) is 0 Å². The summed E-state index contributed by atoms with van der Waals surface area (Å²) < 4.78 is 38.4. The third kappa shape index (κ3) is 3.79. The van der Waals surface area contributed by atoms with Crippen LogP contribution in [-0.2, 0) is 0 Å². The molecule has 0 aliphatic heterocycles. The van der Waals surface area contributed by atoms with E-state index in [1.54, 1.807) is 14.1 Å². The van der Waals surface area contributed by atoms with Crippen molar-refractivity contribution >= 4 is 11.8 Å². The summed E-state index contributed by atoms with van der Waals surface area (Å²) in [6.45, 7) is 0.325. The van der Waals surface area contributed by atoms with Crippen LogP contribution in [-0.4, -0.2) is 43.1 Å². The number of halogens is 3. The SMILES string of the molecule is CN(C)C(=O)NCCNc1nc(F)c(F)cc1F. The van der Waals surface area contributed by atoms with Crippen molar-refractivity contribution in [3.8, 4) is 0 Å². The number of pyridine rings is 1. The molecular weight excluding hydrogens is 249 g/mol. The lowest BCUT2D eigenvalue weighted by atomic mass is 10.4. The largest absolute Gasteiger partial charge is 0.366 e. The van der Waals surface area contributed by atoms with Gasteiger partial charge in [0.1, 0.15) is 0 Å². The molecule has 1 rings (SSSR count). The van der Waals surface area contributed by atoms with Gasteiger partial charge in [-0.25, -0.2) is 13.6 Å². The molecule has 1 aromatic rings. The maximum Gasteiger partial charge on any atom is 0.316 e. The van der Waals surface area contributed by atoms with Crippen molar-refractivity contribution in [1.29, 1.82) is 0 Å². The van der Waals surface area contributed by atoms with Gasteiger partial charge in [-0.3, -0.25) is 0 Å². The van der Waals surface area contributed by atoms with Crippen LogP contribution in [0.25, 0.3) is 0 Å². The Kier molecular flexibility index (Phi) is 4.75. The van der Waals surface area contributed by atoms with Gasteiger partial charge in [-0.2, -0.15) is 9.37 Å². The summed E-state index contributed by atoms with van der Waals surface area (Å²) in [6.07, 6.45) is 0. The quantitative estimate of drug-likeness (QED) is 0.633. The molecular formula is C10H13F3N4O. The van der Waals surface area contributed by atoms with Crippen molar-refractivity contribution in [1.82, 2.24) is 15.2 Å². The van der Waals surface area contributed by atoms with Gasteiger partial charge in [0.2, 0.25) is 0 Å². The maximum absolute atomic E-state index is 13.1. The predicted octanol–water partition coefficient (Wildman–Crippen LogP) is 1.18. The van der Waals surface area contributed by atoms with Crippen molar-refractivity contribution in [2.45, 2.75) is 0 Å². The van der Waals surface area contributed by atoms with Crippen molar-refractivity contribution in [3.63, 3.8) is 0 Å². The first-order valence-corrected chi connectivity index (χ1v) is 5.12. The van der Waals surface area contributed by atoms with Crippen LogP contribution in [0, 0.1) is 17.6 Å². The van der Waals surface area contributed by atoms with E-state index in [9.17, 15) is 18.0 Å². The van der Waals surface area contributed by atoms with E-state index in [-0.39, 0.29) is 19.1 Å². The minimum Gasteiger partial charge on any atom is -0.366 e. The molecule has 0 aliphatic rings. The molecule has 0 unspecified atom stereocenters. The van der Waals surface area contributed by atoms with E-state index >= 15 is 0 Å². The van der Waals surface area contributed by atoms with Crippen LogP contribution >= 0.6 is 0 Å². The summed E-state index contributed by atoms with van der Waals surface area (Å²) >= 11 is 0. The fourth-order valence-corrected chi connectivity index (χ4v) is 1.08. The highest BCUT2D eigenvalue weighted by atomic mass is 19.2. The number of amides is 2. The topological polar surface area (TPSA) is 57.3 Å². The van der Waals surface area contributed by atoms with Gasteiger partial charge in [0.05, 0.1) is 0 Å². The lowest BCUT2D eigenvalue weighted by molar-refractivity contribution is 0.218. The normalized spacial score (nSPS) is 10.1. The van der Waals surface area contributed by atoms with Gasteiger partial charge < -0.3 is 15.5 Å². The van der Waals surface area contributed by atoms with E-state index < -0.39 is 23.4 Å². The summed E-state index contributed by atoms with van der Waals surface area (Å²) in [6, 6.07) is 0.0961. The highest BCUT2D eigenvalue weighted by Crippen LogP contribution is 2.13. The first kappa shape index (κ1) is 14.1. The Bertz CT molecular complexity index is 439. The first-order valence-electron chi connectivity index (χ1n) is 5.12. The number of nitrogens with one attached hydrogen (secondary N) is 2. The van der Waals surface area contributed by atoms with Crippen LogP contribution in [0.5, 0.6) is 0 Å². The van der Waals surface area contributed by atoms with E-state index in [1.165, 1.54) is 4.90 Å². The zero-order valence-corrected chi connectivity index (χ0v) is 9.93. The van der Waals surface area contributed by atoms with Gasteiger partial charge in [-0.05, 0) is 0 Å². The van der Waals surface area contributed by atoms with Crippen molar-refractivity contribution in [3.05, 3.63) is 23.6 Å². The molecule has 2 N–H and O–H groups in total. The van der Waals surface area contributed by atoms with E-state index in [0.717, 1.165) is 0 Å². The summed E-state index contributed by atoms with van der Waals surface area (Å²) in [7, 11) is 3.14. The number of carbonyl (C=O) groups is 1. The van der Waals surface area contributed by atoms with Crippen LogP contribution in [0.3, 0.4) is 0 Å². The number of anilines is 1. The number of hydrogen-bond acceptors (Lipinski definition) is 3. The molecule has 0 fully saturated rings. The molecule has 18 heavy (non-hydrogen) atoms. The average Bonchev–Trinajstić information content (AvgIpc) is 2.30. The van der Waals surface area contributed by atoms with Crippen molar-refractivity contribution in [2.24, 2.45) is 0 Å². The highest BCUT2D eigenvalue weighted by Gasteiger charge is 2.11. The Morgan fingerprint density at radius 1 is 1.28 bits per heavy atom. The summed E-state index contributed by atoms with van der Waals surface area (Å²) in [4.78, 5) is 15.5. The van der Waals surface area contributed by atoms with E-state index in [4.69, 9.17) is 0 Å². The van der Waals surface area contributed by atoms with Crippen molar-refractivity contribution in [2.75, 3.05) is 32.5 Å². The van der Waals surface area contributed by atoms with Gasteiger partial charge in [0, 0.05) is 33.3 Å². The maximum atomic E-state index is 13.1. The fraction of sp³-hybridized carbons (Fsp3) is 0.400. The Hall–Kier alpha value is -1.99. The van der Waals surface area contributed by atoms with Crippen LogP contribution in [0.4, 0.5) is 23.8 Å². The summed E-state index contributed by atoms with van der Waals surface area (Å²) in [5, 5.41) is 4.95. The molecule has 0 aliphatic carbocycles. The molecule has 100 valence electrons. The Morgan fingerprint density at radius 2 is 1.94 bits per heavy atom. The molecule has 0 saturated carbocycles. The monoisotopic (exact) mass is 262 g/mol. The number of urea groups is 1. The van der Waals surface area contributed by atoms with Gasteiger partial charge >= 0.3 is 6.03 Å². The minimum atomic E-state index is -1.38. The predicted molar refractivity (Wildman–Crippen MR) is 59.7 cm³/mol. The second-order valence-corrected chi connectivity index (χ2v) is 3.64. The zero-order valence-electron chi connectivity index (χ0n) is 9.93. The van der Waals surface area contributed by atoms with E-state index in [0.29, 0.717) is 6.07 Å². The zero-order chi connectivity index (χ0) is 13.7. The molecule has 0 atom stereocenters. The lowest BCUT2D eigenvalue weighted by Crippen LogP contribution is -2.37. The highest BCUT2D eigenvalue weighted by molar-refractivity contribution is 5.73. The van der Waals surface area contributed by atoms with Crippen LogP contribution in [0.2, 0.25) is 0 Å². The number of hydrogen-bond donors (Lipinski definition) is 2. The van der Waals surface area contributed by atoms with Crippen LogP contribution in [0.1, 0.15) is 0 Å². The second kappa shape index (κ2) is 6.08. The van der Waals surface area contributed by atoms with Gasteiger partial charge in [0.25, 0.3) is 5.95 Å². The molecule has 8 heteroatoms. The number of rotatable bonds is 4. The second-order valence-electron chi connectivity index (χ2n) is 3.64. The molecule has 5 nitrogen and oxygen atoms in total. The summed E-state index contributed by atoms with van der Waals surface area (Å²) in [5.74, 6) is -4.11. The molecule has 0 radical (unpaired) electrons. The molecule has 0 spiro atoms. The lowest BCUT2D eigenvalue weighted by Gasteiger charge is -2.12. The minimum absolute atomic E-state index is 0.134. The fourth-order valence-electron chi connectivity index (χ4n) is 1.08. The Morgan fingerprint density at radius 3 is 2.56 bits per heavy atom. The molecule has 0 aromatic carbocycles. The van der Waals surface area contributed by atoms with E-state index in [1.807, 2.05) is 0 Å². The number of carbonyl (C=O) groups excluding carboxylic acids is 1. The van der Waals surface area contributed by atoms with Crippen molar-refractivity contribution < 1.29 is 18.0 Å². The number of aromatic nitrogens is 1. The third-order valence-corrected chi connectivity index (χ3v) is 1.99. The Labute approximate surface area is 102 Å². The first-order chi connectivity index (χ1) is 8.41. The average molecular weight is 262 g/mol. The van der Waals surface area contributed by atoms with Crippen LogP contribution < -0.4 is 10.6 Å². The van der Waals surface area contributed by atoms with Gasteiger partial charge in [-0.15, -0.1) is 0 Å². The standard InChI is InChI=1S/C10H13F3N4O/c1-17(2)10(18)15-4-3-14-9-7(12)5-6(11)8(13)16-9/h5H,3-4H2,1-2H3,(H,14,16)(H,15,18). The molecule has 1 aromatic heterocycles. The van der Waals surface area contributed by atoms with Crippen LogP contribution in [0.15, 0.2) is 6.07 Å². The van der Waals surface area contributed by atoms with E-state index in [2.05, 4.69) is 15.6 Å². The molecule has 1 heterocycles. The Balaban J connectivity index is 2.45. The summed E-state index contributed by atoms with van der Waals surface area (Å²) in [5.41, 5.74) is 0. The number of nitrogens with zero attached hydrogens (tertiary/aromatic N) is 2. The van der Waals surface area contributed by atoms with Gasteiger partial charge in [0.15, 0.2) is 17.5 Å².